The van der Waals surface area contributed by atoms with Gasteiger partial charge in [-0.15, -0.1) is 0 Å². The summed E-state index contributed by atoms with van der Waals surface area (Å²) in [5.41, 5.74) is 0.321. The summed E-state index contributed by atoms with van der Waals surface area (Å²) >= 11 is 0. The van der Waals surface area contributed by atoms with E-state index in [-0.39, 0.29) is 22.4 Å². The Bertz CT molecular complexity index is 619. The first kappa shape index (κ1) is 11.8. The maximum Gasteiger partial charge on any atom is 0.338 e. The van der Waals surface area contributed by atoms with Crippen molar-refractivity contribution in [3.8, 4) is 5.69 Å². The lowest BCUT2D eigenvalue weighted by molar-refractivity contribution is 0.0695. The Morgan fingerprint density at radius 3 is 2.44 bits per heavy atom. The van der Waals surface area contributed by atoms with E-state index in [1.807, 2.05) is 0 Å². The highest BCUT2D eigenvalue weighted by Gasteiger charge is 2.20. The highest BCUT2D eigenvalue weighted by atomic mass is 16.4. The van der Waals surface area contributed by atoms with Crippen LogP contribution in [0.5, 0.6) is 0 Å². The van der Waals surface area contributed by atoms with Crippen molar-refractivity contribution in [3.63, 3.8) is 0 Å². The van der Waals surface area contributed by atoms with Crippen LogP contribution < -0.4 is 0 Å². The maximum absolute atomic E-state index is 11.3. The van der Waals surface area contributed by atoms with Gasteiger partial charge in [-0.3, -0.25) is 0 Å². The molecule has 0 radical (unpaired) electrons. The number of carboxylic acid groups (broad SMARTS) is 2. The smallest absolute Gasteiger partial charge is 0.338 e. The lowest BCUT2D eigenvalue weighted by atomic mass is 10.0. The highest BCUT2D eigenvalue weighted by Crippen LogP contribution is 2.21. The van der Waals surface area contributed by atoms with E-state index in [1.54, 1.807) is 0 Å². The Balaban J connectivity index is 2.73. The van der Waals surface area contributed by atoms with E-state index in [1.165, 1.54) is 36.4 Å². The van der Waals surface area contributed by atoms with E-state index in [0.717, 1.165) is 0 Å². The van der Waals surface area contributed by atoms with Crippen LogP contribution in [0.2, 0.25) is 0 Å². The molecule has 0 unspecified atom stereocenters. The molecule has 0 amide bonds. The fraction of sp³-hybridized carbons (Fsp3) is 0.0909. The maximum atomic E-state index is 11.3. The minimum atomic E-state index is -1.21. The minimum Gasteiger partial charge on any atom is -0.478 e. The summed E-state index contributed by atoms with van der Waals surface area (Å²) < 4.78 is 1.28. The van der Waals surface area contributed by atoms with Crippen molar-refractivity contribution >= 4 is 11.9 Å². The number of carboxylic acids is 2. The van der Waals surface area contributed by atoms with E-state index < -0.39 is 11.9 Å². The molecule has 92 valence electrons. The molecule has 0 aliphatic carbocycles. The molecule has 7 nitrogen and oxygen atoms in total. The van der Waals surface area contributed by atoms with Gasteiger partial charge in [-0.25, -0.2) is 19.3 Å². The standard InChI is InChI=1S/C11H9N3O4/c1-6-7(10(15)16)2-3-8(9(6)11(17)18)14-5-12-4-13-14/h2-5H,1H3,(H,15,16)(H,17,18). The number of nitrogens with zero attached hydrogens (tertiary/aromatic N) is 3. The fourth-order valence-electron chi connectivity index (χ4n) is 1.72. The minimum absolute atomic E-state index is 0.0451. The average Bonchev–Trinajstić information content (AvgIpc) is 2.80. The average molecular weight is 247 g/mol. The molecular formula is C11H9N3O4. The van der Waals surface area contributed by atoms with Gasteiger partial charge in [0.25, 0.3) is 0 Å². The van der Waals surface area contributed by atoms with Gasteiger partial charge < -0.3 is 10.2 Å². The molecule has 1 aromatic carbocycles. The van der Waals surface area contributed by atoms with Gasteiger partial charge in [0.15, 0.2) is 0 Å². The van der Waals surface area contributed by atoms with E-state index in [9.17, 15) is 14.7 Å². The first-order valence-electron chi connectivity index (χ1n) is 4.97. The lowest BCUT2D eigenvalue weighted by Crippen LogP contribution is -2.12. The summed E-state index contributed by atoms with van der Waals surface area (Å²) in [5.74, 6) is -2.37. The zero-order valence-corrected chi connectivity index (χ0v) is 9.36. The third kappa shape index (κ3) is 1.81. The predicted octanol–water partition coefficient (Wildman–Crippen LogP) is 0.972. The van der Waals surface area contributed by atoms with Crippen LogP contribution in [0, 0.1) is 6.92 Å². The number of rotatable bonds is 3. The van der Waals surface area contributed by atoms with Crippen molar-refractivity contribution in [2.75, 3.05) is 0 Å². The summed E-state index contributed by atoms with van der Waals surface area (Å²) in [7, 11) is 0. The first-order valence-corrected chi connectivity index (χ1v) is 4.97. The zero-order valence-electron chi connectivity index (χ0n) is 9.36. The topological polar surface area (TPSA) is 105 Å². The molecule has 2 aromatic rings. The van der Waals surface area contributed by atoms with Gasteiger partial charge in [-0.2, -0.15) is 5.10 Å². The van der Waals surface area contributed by atoms with Crippen LogP contribution in [0.4, 0.5) is 0 Å². The first-order chi connectivity index (χ1) is 8.52. The second kappa shape index (κ2) is 4.28. The van der Waals surface area contributed by atoms with Crippen LogP contribution in [-0.4, -0.2) is 36.9 Å². The molecule has 1 heterocycles. The van der Waals surface area contributed by atoms with E-state index in [2.05, 4.69) is 10.1 Å². The van der Waals surface area contributed by atoms with Crippen molar-refractivity contribution in [2.45, 2.75) is 6.92 Å². The SMILES string of the molecule is Cc1c(C(=O)O)ccc(-n2cncn2)c1C(=O)O. The second-order valence-corrected chi connectivity index (χ2v) is 3.58. The van der Waals surface area contributed by atoms with Crippen LogP contribution in [0.25, 0.3) is 5.69 Å². The molecule has 0 saturated carbocycles. The van der Waals surface area contributed by atoms with Gasteiger partial charge in [-0.05, 0) is 24.6 Å². The Labute approximate surface area is 101 Å². The lowest BCUT2D eigenvalue weighted by Gasteiger charge is -2.10. The van der Waals surface area contributed by atoms with E-state index >= 15 is 0 Å². The molecule has 2 N–H and O–H groups in total. The largest absolute Gasteiger partial charge is 0.478 e. The second-order valence-electron chi connectivity index (χ2n) is 3.58. The van der Waals surface area contributed by atoms with Crippen LogP contribution in [-0.2, 0) is 0 Å². The third-order valence-corrected chi connectivity index (χ3v) is 2.55. The van der Waals surface area contributed by atoms with Gasteiger partial charge >= 0.3 is 11.9 Å². The number of hydrogen-bond donors (Lipinski definition) is 2. The molecule has 0 aliphatic rings. The molecule has 0 fully saturated rings. The molecule has 18 heavy (non-hydrogen) atoms. The quantitative estimate of drug-likeness (QED) is 0.837. The van der Waals surface area contributed by atoms with Crippen molar-refractivity contribution < 1.29 is 19.8 Å². The Morgan fingerprint density at radius 1 is 1.22 bits per heavy atom. The zero-order chi connectivity index (χ0) is 13.3. The van der Waals surface area contributed by atoms with Crippen molar-refractivity contribution in [1.82, 2.24) is 14.8 Å². The predicted molar refractivity (Wildman–Crippen MR) is 60.0 cm³/mol. The molecule has 1 aromatic heterocycles. The molecule has 0 aliphatic heterocycles. The summed E-state index contributed by atoms with van der Waals surface area (Å²) in [6.07, 6.45) is 2.62. The highest BCUT2D eigenvalue weighted by molar-refractivity contribution is 5.99. The number of hydrogen-bond acceptors (Lipinski definition) is 4. The molecule has 0 spiro atoms. The van der Waals surface area contributed by atoms with Crippen LogP contribution in [0.1, 0.15) is 26.3 Å². The molecule has 7 heteroatoms. The van der Waals surface area contributed by atoms with Gasteiger partial charge in [0.1, 0.15) is 12.7 Å². The van der Waals surface area contributed by atoms with Gasteiger partial charge in [0.05, 0.1) is 16.8 Å². The van der Waals surface area contributed by atoms with Crippen LogP contribution >= 0.6 is 0 Å². The number of carbonyl (C=O) groups is 2. The summed E-state index contributed by atoms with van der Waals surface area (Å²) in [6.45, 7) is 1.45. The Morgan fingerprint density at radius 2 is 1.94 bits per heavy atom. The molecule has 2 rings (SSSR count). The van der Waals surface area contributed by atoms with Crippen LogP contribution in [0.15, 0.2) is 24.8 Å². The third-order valence-electron chi connectivity index (χ3n) is 2.55. The molecule has 0 saturated heterocycles. The van der Waals surface area contributed by atoms with Crippen molar-refractivity contribution in [1.29, 1.82) is 0 Å². The van der Waals surface area contributed by atoms with Gasteiger partial charge in [0, 0.05) is 0 Å². The summed E-state index contributed by atoms with van der Waals surface area (Å²) in [4.78, 5) is 26.0. The number of aromatic carboxylic acids is 2. The molecule has 0 atom stereocenters. The van der Waals surface area contributed by atoms with Gasteiger partial charge in [0.2, 0.25) is 0 Å². The monoisotopic (exact) mass is 247 g/mol. The van der Waals surface area contributed by atoms with Crippen LogP contribution in [0.3, 0.4) is 0 Å². The summed E-state index contributed by atoms with van der Waals surface area (Å²) in [6, 6.07) is 2.75. The van der Waals surface area contributed by atoms with Crippen molar-refractivity contribution in [2.24, 2.45) is 0 Å². The van der Waals surface area contributed by atoms with E-state index in [4.69, 9.17) is 5.11 Å². The molecule has 0 bridgehead atoms. The number of aromatic nitrogens is 3. The molecular weight excluding hydrogens is 238 g/mol. The fourth-order valence-corrected chi connectivity index (χ4v) is 1.72. The summed E-state index contributed by atoms with van der Waals surface area (Å²) in [5, 5.41) is 22.0. The van der Waals surface area contributed by atoms with Gasteiger partial charge in [-0.1, -0.05) is 0 Å². The van der Waals surface area contributed by atoms with Crippen molar-refractivity contribution in [3.05, 3.63) is 41.5 Å². The Hall–Kier alpha value is -2.70. The number of benzene rings is 1. The van der Waals surface area contributed by atoms with E-state index in [0.29, 0.717) is 0 Å². The Kier molecular flexibility index (Phi) is 2.80. The normalized spacial score (nSPS) is 10.3.